The molecule has 7 rings (SSSR count). The number of carbonyl (C=O) groups is 4. The second kappa shape index (κ2) is 17.4. The highest BCUT2D eigenvalue weighted by molar-refractivity contribution is 9.11. The molecular weight excluding hydrogens is 792 g/mol. The SMILES string of the molecule is CCN(CC)c1ccc(N2C/C=C\CCC(=O)N[C@H](COC)[C@@H](c3ccccc3)OC(=O)[C@@H]3[C@H]4O[C@@]5(C=C4Br)[C@H](C2=O)N([C@H](CO)c2ccccc2)C(=O)[C@@H]35)cc1. The van der Waals surface area contributed by atoms with Gasteiger partial charge in [-0.1, -0.05) is 88.7 Å². The van der Waals surface area contributed by atoms with Gasteiger partial charge in [-0.2, -0.15) is 0 Å². The Morgan fingerprint density at radius 2 is 1.61 bits per heavy atom. The first-order chi connectivity index (χ1) is 27.7. The maximum absolute atomic E-state index is 15.5. The van der Waals surface area contributed by atoms with Crippen LogP contribution in [0, 0.1) is 11.8 Å². The van der Waals surface area contributed by atoms with Crippen LogP contribution < -0.4 is 15.1 Å². The summed E-state index contributed by atoms with van der Waals surface area (Å²) in [6.07, 6.45) is 4.03. The fourth-order valence-corrected chi connectivity index (χ4v) is 9.61. The number of hydrogen-bond acceptors (Lipinski definition) is 9. The second-order valence-corrected chi connectivity index (χ2v) is 15.6. The summed E-state index contributed by atoms with van der Waals surface area (Å²) in [5, 5.41) is 14.1. The second-order valence-electron chi connectivity index (χ2n) is 14.7. The van der Waals surface area contributed by atoms with Gasteiger partial charge in [0.05, 0.1) is 31.2 Å². The average Bonchev–Trinajstić information content (AvgIpc) is 3.82. The number of carbonyl (C=O) groups excluding carboxylic acids is 4. The predicted molar refractivity (Wildman–Crippen MR) is 218 cm³/mol. The van der Waals surface area contributed by atoms with E-state index in [9.17, 15) is 14.7 Å². The Morgan fingerprint density at radius 1 is 0.930 bits per heavy atom. The van der Waals surface area contributed by atoms with Gasteiger partial charge >= 0.3 is 5.97 Å². The standard InChI is InChI=1S/C44H49BrN4O8/c1-4-47(5-2)30-20-22-31(23-21-30)48-24-14-8-13-19-35(51)46-33(27-55-3)38(29-17-11-7-12-18-29)56-43(54)36-37-41(52)49(34(26-50)28-15-9-6-10-16-28)40(42(48)53)44(37)25-32(45)39(36)57-44/h6-12,14-18,20-23,25,33-34,36-40,50H,4-5,13,19,24,26-27H2,1-3H3,(H,46,51)/b14-8-/t33-,34-,36+,37-,38-,39+,40+,44-/m1/s1. The Labute approximate surface area is 341 Å². The van der Waals surface area contributed by atoms with E-state index >= 15 is 9.59 Å². The molecular formula is C44H49BrN4O8. The normalized spacial score (nSPS) is 28.8. The lowest BCUT2D eigenvalue weighted by Gasteiger charge is -2.39. The molecule has 4 aliphatic rings. The van der Waals surface area contributed by atoms with E-state index in [0.717, 1.165) is 18.8 Å². The minimum absolute atomic E-state index is 0.0382. The molecule has 300 valence electrons. The lowest BCUT2D eigenvalue weighted by molar-refractivity contribution is -0.162. The van der Waals surface area contributed by atoms with Crippen LogP contribution in [0.25, 0.3) is 0 Å². The van der Waals surface area contributed by atoms with Gasteiger partial charge in [0, 0.05) is 49.0 Å². The van der Waals surface area contributed by atoms with E-state index in [0.29, 0.717) is 27.7 Å². The highest BCUT2D eigenvalue weighted by Crippen LogP contribution is 2.60. The molecule has 0 saturated carbocycles. The van der Waals surface area contributed by atoms with Crippen LogP contribution in [-0.4, -0.2) is 97.4 Å². The first-order valence-electron chi connectivity index (χ1n) is 19.6. The van der Waals surface area contributed by atoms with E-state index in [1.807, 2.05) is 72.8 Å². The molecule has 5 bridgehead atoms. The van der Waals surface area contributed by atoms with Crippen molar-refractivity contribution in [2.75, 3.05) is 49.8 Å². The number of nitrogens with zero attached hydrogens (tertiary/aromatic N) is 3. The Morgan fingerprint density at radius 3 is 2.26 bits per heavy atom. The largest absolute Gasteiger partial charge is 0.455 e. The minimum atomic E-state index is -1.59. The number of amides is 3. The Hall–Kier alpha value is -4.82. The number of aliphatic hydroxyl groups excluding tert-OH is 1. The number of nitrogens with one attached hydrogen (secondary N) is 1. The maximum Gasteiger partial charge on any atom is 0.313 e. The molecule has 13 heteroatoms. The number of likely N-dealkylation sites (tertiary alicyclic amines) is 1. The van der Waals surface area contributed by atoms with Gasteiger partial charge in [-0.05, 0) is 61.7 Å². The third-order valence-electron chi connectivity index (χ3n) is 11.5. The van der Waals surface area contributed by atoms with Crippen molar-refractivity contribution < 1.29 is 38.5 Å². The first-order valence-corrected chi connectivity index (χ1v) is 20.4. The van der Waals surface area contributed by atoms with Crippen LogP contribution in [0.4, 0.5) is 11.4 Å². The van der Waals surface area contributed by atoms with E-state index in [2.05, 4.69) is 40.0 Å². The van der Waals surface area contributed by atoms with E-state index in [4.69, 9.17) is 14.2 Å². The molecule has 57 heavy (non-hydrogen) atoms. The van der Waals surface area contributed by atoms with Crippen LogP contribution in [0.1, 0.15) is 50.0 Å². The molecule has 2 fully saturated rings. The molecule has 3 aromatic carbocycles. The summed E-state index contributed by atoms with van der Waals surface area (Å²) in [6, 6.07) is 22.8. The molecule has 3 aromatic rings. The molecule has 8 atom stereocenters. The summed E-state index contributed by atoms with van der Waals surface area (Å²) in [7, 11) is 1.51. The van der Waals surface area contributed by atoms with Gasteiger partial charge in [-0.25, -0.2) is 0 Å². The summed E-state index contributed by atoms with van der Waals surface area (Å²) in [6.45, 7) is 5.44. The van der Waals surface area contributed by atoms with Gasteiger partial charge in [0.15, 0.2) is 0 Å². The number of halogens is 1. The van der Waals surface area contributed by atoms with Gasteiger partial charge in [-0.15, -0.1) is 0 Å². The molecule has 1 spiro atoms. The van der Waals surface area contributed by atoms with Crippen molar-refractivity contribution >= 4 is 51.0 Å². The zero-order valence-electron chi connectivity index (χ0n) is 32.3. The molecule has 0 unspecified atom stereocenters. The van der Waals surface area contributed by atoms with E-state index in [1.165, 1.54) is 12.0 Å². The van der Waals surface area contributed by atoms with Crippen molar-refractivity contribution in [1.29, 1.82) is 0 Å². The van der Waals surface area contributed by atoms with Crippen LogP contribution in [0.2, 0.25) is 0 Å². The number of hydrogen-bond donors (Lipinski definition) is 2. The minimum Gasteiger partial charge on any atom is -0.455 e. The smallest absolute Gasteiger partial charge is 0.313 e. The van der Waals surface area contributed by atoms with Gasteiger partial charge in [-0.3, -0.25) is 19.2 Å². The third kappa shape index (κ3) is 7.53. The topological polar surface area (TPSA) is 138 Å². The van der Waals surface area contributed by atoms with Crippen molar-refractivity contribution in [3.63, 3.8) is 0 Å². The third-order valence-corrected chi connectivity index (χ3v) is 12.2. The molecule has 3 amide bonds. The Balaban J connectivity index is 1.38. The summed E-state index contributed by atoms with van der Waals surface area (Å²) in [4.78, 5) is 64.2. The van der Waals surface area contributed by atoms with Crippen molar-refractivity contribution in [2.24, 2.45) is 11.8 Å². The number of ether oxygens (including phenoxy) is 3. The number of methoxy groups -OCH3 is 1. The van der Waals surface area contributed by atoms with Gasteiger partial charge in [0.2, 0.25) is 11.8 Å². The van der Waals surface area contributed by atoms with Crippen molar-refractivity contribution in [2.45, 2.75) is 62.6 Å². The number of aliphatic hydroxyl groups is 1. The number of allylic oxidation sites excluding steroid dienone is 1. The quantitative estimate of drug-likeness (QED) is 0.208. The number of fused-ring (bicyclic) bond motifs is 2. The number of cyclic esters (lactones) is 1. The molecule has 2 saturated heterocycles. The molecule has 0 radical (unpaired) electrons. The van der Waals surface area contributed by atoms with Crippen molar-refractivity contribution in [3.05, 3.63) is 119 Å². The van der Waals surface area contributed by atoms with E-state index in [-0.39, 0.29) is 25.5 Å². The van der Waals surface area contributed by atoms with E-state index < -0.39 is 72.2 Å². The number of rotatable bonds is 10. The average molecular weight is 842 g/mol. The van der Waals surface area contributed by atoms with Crippen LogP contribution >= 0.6 is 15.9 Å². The van der Waals surface area contributed by atoms with Gasteiger partial charge in [0.1, 0.15) is 29.8 Å². The fraction of sp³-hybridized carbons (Fsp3) is 0.409. The summed E-state index contributed by atoms with van der Waals surface area (Å²) >= 11 is 3.65. The molecule has 12 nitrogen and oxygen atoms in total. The zero-order valence-corrected chi connectivity index (χ0v) is 33.9. The van der Waals surface area contributed by atoms with Crippen LogP contribution in [0.3, 0.4) is 0 Å². The Bertz CT molecular complexity index is 1990. The van der Waals surface area contributed by atoms with Crippen molar-refractivity contribution in [3.8, 4) is 0 Å². The Kier molecular flexibility index (Phi) is 12.3. The first kappa shape index (κ1) is 40.4. The number of anilines is 2. The molecule has 0 aromatic heterocycles. The lowest BCUT2D eigenvalue weighted by atomic mass is 9.74. The summed E-state index contributed by atoms with van der Waals surface area (Å²) in [5.41, 5.74) is 1.24. The molecule has 0 aliphatic carbocycles. The molecule has 4 heterocycles. The zero-order chi connectivity index (χ0) is 40.3. The highest BCUT2D eigenvalue weighted by atomic mass is 79.9. The van der Waals surface area contributed by atoms with Gasteiger partial charge in [0.25, 0.3) is 5.91 Å². The molecule has 2 N–H and O–H groups in total. The van der Waals surface area contributed by atoms with Crippen LogP contribution in [0.15, 0.2) is 108 Å². The van der Waals surface area contributed by atoms with Crippen LogP contribution in [-0.2, 0) is 33.4 Å². The monoisotopic (exact) mass is 840 g/mol. The highest BCUT2D eigenvalue weighted by Gasteiger charge is 2.75. The maximum atomic E-state index is 15.5. The van der Waals surface area contributed by atoms with E-state index in [1.54, 1.807) is 35.2 Å². The number of esters is 1. The van der Waals surface area contributed by atoms with Gasteiger partial charge < -0.3 is 39.3 Å². The predicted octanol–water partition coefficient (Wildman–Crippen LogP) is 5.24. The van der Waals surface area contributed by atoms with Crippen LogP contribution in [0.5, 0.6) is 0 Å². The fourth-order valence-electron chi connectivity index (χ4n) is 8.88. The van der Waals surface area contributed by atoms with Crippen molar-refractivity contribution in [1.82, 2.24) is 10.2 Å². The molecule has 4 aliphatic heterocycles. The summed E-state index contributed by atoms with van der Waals surface area (Å²) < 4.78 is 19.2. The lowest BCUT2D eigenvalue weighted by Crippen LogP contribution is -2.57. The number of benzene rings is 3. The summed E-state index contributed by atoms with van der Waals surface area (Å²) in [5.74, 6) is -4.29.